The lowest BCUT2D eigenvalue weighted by atomic mass is 9.93. The number of carbonyl (C=O) groups is 1. The summed E-state index contributed by atoms with van der Waals surface area (Å²) < 4.78 is 5.88. The van der Waals surface area contributed by atoms with Gasteiger partial charge in [-0.15, -0.1) is 5.10 Å². The van der Waals surface area contributed by atoms with E-state index >= 15 is 0 Å². The van der Waals surface area contributed by atoms with Gasteiger partial charge in [0.1, 0.15) is 0 Å². The van der Waals surface area contributed by atoms with Gasteiger partial charge in [-0.2, -0.15) is 0 Å². The van der Waals surface area contributed by atoms with Crippen molar-refractivity contribution in [2.24, 2.45) is 11.8 Å². The Morgan fingerprint density at radius 1 is 1.07 bits per heavy atom. The molecule has 4 rings (SSSR count). The fourth-order valence-corrected chi connectivity index (χ4v) is 4.12. The summed E-state index contributed by atoms with van der Waals surface area (Å²) in [5, 5.41) is 8.42. The fourth-order valence-electron chi connectivity index (χ4n) is 4.12. The first-order chi connectivity index (χ1) is 13.1. The lowest BCUT2D eigenvalue weighted by Crippen LogP contribution is -2.46. The van der Waals surface area contributed by atoms with Crippen molar-refractivity contribution in [1.29, 1.82) is 0 Å². The minimum absolute atomic E-state index is 0.131. The van der Waals surface area contributed by atoms with Crippen LogP contribution < -0.4 is 4.90 Å². The number of aromatic nitrogens is 2. The number of benzene rings is 1. The second-order valence-electron chi connectivity index (χ2n) is 8.05. The van der Waals surface area contributed by atoms with Crippen LogP contribution in [0.3, 0.4) is 0 Å². The minimum Gasteiger partial charge on any atom is -0.403 e. The highest BCUT2D eigenvalue weighted by Gasteiger charge is 2.31. The Morgan fingerprint density at radius 3 is 2.52 bits per heavy atom. The molecule has 0 bridgehead atoms. The van der Waals surface area contributed by atoms with E-state index in [9.17, 15) is 4.79 Å². The van der Waals surface area contributed by atoms with Gasteiger partial charge in [0.15, 0.2) is 0 Å². The molecule has 1 aromatic carbocycles. The molecule has 2 aliphatic heterocycles. The maximum Gasteiger partial charge on any atom is 0.318 e. The number of carbonyl (C=O) groups excluding carboxylic acids is 1. The summed E-state index contributed by atoms with van der Waals surface area (Å²) in [4.78, 5) is 17.0. The molecule has 2 aliphatic rings. The molecule has 6 nitrogen and oxygen atoms in total. The highest BCUT2D eigenvalue weighted by Crippen LogP contribution is 2.28. The number of nitrogens with zero attached hydrogens (tertiary/aromatic N) is 4. The van der Waals surface area contributed by atoms with Gasteiger partial charge < -0.3 is 14.2 Å². The number of hydrogen-bond acceptors (Lipinski definition) is 5. The van der Waals surface area contributed by atoms with Crippen LogP contribution in [0.2, 0.25) is 0 Å². The van der Waals surface area contributed by atoms with E-state index in [0.29, 0.717) is 23.7 Å². The van der Waals surface area contributed by atoms with Crippen molar-refractivity contribution in [2.45, 2.75) is 39.5 Å². The molecular formula is C21H28N4O2. The fraction of sp³-hybridized carbons (Fsp3) is 0.571. The Labute approximate surface area is 160 Å². The number of likely N-dealkylation sites (tertiary alicyclic amines) is 1. The number of aryl methyl sites for hydroxylation is 1. The van der Waals surface area contributed by atoms with E-state index in [2.05, 4.69) is 33.8 Å². The molecule has 1 aromatic heterocycles. The first kappa shape index (κ1) is 18.0. The van der Waals surface area contributed by atoms with Crippen molar-refractivity contribution in [3.63, 3.8) is 0 Å². The first-order valence-electron chi connectivity index (χ1n) is 10.0. The summed E-state index contributed by atoms with van der Waals surface area (Å²) in [6.07, 6.45) is 4.08. The lowest BCUT2D eigenvalue weighted by Gasteiger charge is -2.36. The molecule has 0 aliphatic carbocycles. The van der Waals surface area contributed by atoms with E-state index < -0.39 is 0 Å². The van der Waals surface area contributed by atoms with E-state index in [-0.39, 0.29) is 5.92 Å². The summed E-state index contributed by atoms with van der Waals surface area (Å²) in [7, 11) is 0. The normalized spacial score (nSPS) is 21.5. The third-order valence-electron chi connectivity index (χ3n) is 5.80. The van der Waals surface area contributed by atoms with Gasteiger partial charge in [0, 0.05) is 37.7 Å². The van der Waals surface area contributed by atoms with E-state index in [0.717, 1.165) is 51.0 Å². The molecule has 0 N–H and O–H groups in total. The van der Waals surface area contributed by atoms with Crippen molar-refractivity contribution in [1.82, 2.24) is 15.1 Å². The highest BCUT2D eigenvalue weighted by atomic mass is 16.4. The molecule has 1 atom stereocenters. The Balaban J connectivity index is 1.35. The molecule has 2 saturated heterocycles. The summed E-state index contributed by atoms with van der Waals surface area (Å²) in [6, 6.07) is 8.63. The predicted molar refractivity (Wildman–Crippen MR) is 104 cm³/mol. The summed E-state index contributed by atoms with van der Waals surface area (Å²) in [5.74, 6) is 1.64. The van der Waals surface area contributed by atoms with Crippen molar-refractivity contribution in [3.8, 4) is 11.5 Å². The maximum absolute atomic E-state index is 12.8. The van der Waals surface area contributed by atoms with Crippen LogP contribution in [0.4, 0.5) is 6.01 Å². The van der Waals surface area contributed by atoms with Gasteiger partial charge in [0.05, 0.1) is 0 Å². The zero-order valence-electron chi connectivity index (χ0n) is 16.2. The topological polar surface area (TPSA) is 62.5 Å². The molecule has 1 amide bonds. The highest BCUT2D eigenvalue weighted by molar-refractivity contribution is 5.79. The average Bonchev–Trinajstić information content (AvgIpc) is 3.18. The molecule has 0 spiro atoms. The van der Waals surface area contributed by atoms with Crippen LogP contribution >= 0.6 is 0 Å². The van der Waals surface area contributed by atoms with Gasteiger partial charge in [0.25, 0.3) is 0 Å². The minimum atomic E-state index is 0.131. The Morgan fingerprint density at radius 2 is 1.81 bits per heavy atom. The van der Waals surface area contributed by atoms with Crippen molar-refractivity contribution < 1.29 is 9.21 Å². The van der Waals surface area contributed by atoms with Crippen molar-refractivity contribution >= 4 is 11.9 Å². The molecule has 6 heteroatoms. The van der Waals surface area contributed by atoms with E-state index in [1.807, 2.05) is 24.3 Å². The SMILES string of the molecule is Cc1ccc(-c2nnc(N3CCC(C(=O)N4CCCC(C)C4)CC3)o2)cc1. The Bertz CT molecular complexity index is 778. The number of amides is 1. The quantitative estimate of drug-likeness (QED) is 0.829. The molecule has 1 unspecified atom stereocenters. The Hall–Kier alpha value is -2.37. The zero-order chi connectivity index (χ0) is 18.8. The van der Waals surface area contributed by atoms with Crippen LogP contribution in [0.1, 0.15) is 38.2 Å². The third-order valence-corrected chi connectivity index (χ3v) is 5.80. The number of rotatable bonds is 3. The van der Waals surface area contributed by atoms with Crippen LogP contribution in [0.5, 0.6) is 0 Å². The van der Waals surface area contributed by atoms with Gasteiger partial charge >= 0.3 is 6.01 Å². The van der Waals surface area contributed by atoms with Crippen molar-refractivity contribution in [3.05, 3.63) is 29.8 Å². The zero-order valence-corrected chi connectivity index (χ0v) is 16.2. The second-order valence-corrected chi connectivity index (χ2v) is 8.05. The van der Waals surface area contributed by atoms with E-state index in [4.69, 9.17) is 4.42 Å². The smallest absolute Gasteiger partial charge is 0.318 e. The maximum atomic E-state index is 12.8. The summed E-state index contributed by atoms with van der Waals surface area (Å²) >= 11 is 0. The molecule has 27 heavy (non-hydrogen) atoms. The largest absolute Gasteiger partial charge is 0.403 e. The number of hydrogen-bond donors (Lipinski definition) is 0. The molecule has 144 valence electrons. The van der Waals surface area contributed by atoms with Crippen LogP contribution in [0, 0.1) is 18.8 Å². The molecule has 3 heterocycles. The van der Waals surface area contributed by atoms with Crippen LogP contribution in [-0.2, 0) is 4.79 Å². The van der Waals surface area contributed by atoms with Crippen LogP contribution in [0.15, 0.2) is 28.7 Å². The third kappa shape index (κ3) is 3.99. The summed E-state index contributed by atoms with van der Waals surface area (Å²) in [6.45, 7) is 7.71. The lowest BCUT2D eigenvalue weighted by molar-refractivity contribution is -0.137. The molecule has 2 fully saturated rings. The van der Waals surface area contributed by atoms with Crippen LogP contribution in [-0.4, -0.2) is 47.2 Å². The first-order valence-corrected chi connectivity index (χ1v) is 10.0. The summed E-state index contributed by atoms with van der Waals surface area (Å²) in [5.41, 5.74) is 2.14. The average molecular weight is 368 g/mol. The number of piperidine rings is 2. The Kier molecular flexibility index (Phi) is 5.14. The molecule has 0 radical (unpaired) electrons. The standard InChI is InChI=1S/C21H28N4O2/c1-15-5-7-17(8-6-15)19-22-23-21(27-19)24-12-9-18(10-13-24)20(26)25-11-3-4-16(2)14-25/h5-8,16,18H,3-4,9-14H2,1-2H3. The van der Waals surface area contributed by atoms with E-state index in [1.54, 1.807) is 0 Å². The molecule has 0 saturated carbocycles. The van der Waals surface area contributed by atoms with Crippen molar-refractivity contribution in [2.75, 3.05) is 31.1 Å². The number of anilines is 1. The molecular weight excluding hydrogens is 340 g/mol. The monoisotopic (exact) mass is 368 g/mol. The van der Waals surface area contributed by atoms with Gasteiger partial charge in [-0.05, 0) is 50.7 Å². The second kappa shape index (κ2) is 7.71. The molecule has 2 aromatic rings. The van der Waals surface area contributed by atoms with Gasteiger partial charge in [-0.25, -0.2) is 0 Å². The van der Waals surface area contributed by atoms with Gasteiger partial charge in [0.2, 0.25) is 11.8 Å². The van der Waals surface area contributed by atoms with Crippen LogP contribution in [0.25, 0.3) is 11.5 Å². The van der Waals surface area contributed by atoms with Gasteiger partial charge in [-0.3, -0.25) is 4.79 Å². The van der Waals surface area contributed by atoms with Gasteiger partial charge in [-0.1, -0.05) is 29.7 Å². The van der Waals surface area contributed by atoms with E-state index in [1.165, 1.54) is 12.0 Å². The predicted octanol–water partition coefficient (Wildman–Crippen LogP) is 3.52.